The maximum Gasteiger partial charge on any atom is 0.165 e. The summed E-state index contributed by atoms with van der Waals surface area (Å²) in [7, 11) is 2.57. The molecule has 2 N–H and O–H groups in total. The van der Waals surface area contributed by atoms with E-state index in [0.717, 1.165) is 12.1 Å². The highest BCUT2D eigenvalue weighted by Crippen LogP contribution is 2.24. The molecule has 0 aliphatic carbocycles. The van der Waals surface area contributed by atoms with Crippen molar-refractivity contribution in [2.75, 3.05) is 14.2 Å². The molecule has 14 heavy (non-hydrogen) atoms. The molecule has 0 saturated heterocycles. The Bertz CT molecular complexity index is 331. The summed E-state index contributed by atoms with van der Waals surface area (Å²) in [6, 6.07) is 1.89. The summed E-state index contributed by atoms with van der Waals surface area (Å²) >= 11 is 0. The van der Waals surface area contributed by atoms with Crippen LogP contribution in [0.2, 0.25) is 0 Å². The number of rotatable bonds is 3. The Labute approximate surface area is 80.4 Å². The number of hydrogen-bond donors (Lipinski definition) is 1. The molecule has 1 atom stereocenters. The summed E-state index contributed by atoms with van der Waals surface area (Å²) in [5.74, 6) is -1.48. The summed E-state index contributed by atoms with van der Waals surface area (Å²) in [5.41, 5.74) is 5.35. The minimum Gasteiger partial charge on any atom is -0.494 e. The smallest absolute Gasteiger partial charge is 0.165 e. The Morgan fingerprint density at radius 1 is 1.21 bits per heavy atom. The predicted molar refractivity (Wildman–Crippen MR) is 46.8 cm³/mol. The van der Waals surface area contributed by atoms with Crippen molar-refractivity contribution in [3.63, 3.8) is 0 Å². The first-order valence-corrected chi connectivity index (χ1v) is 3.91. The second-order valence-electron chi connectivity index (χ2n) is 2.66. The van der Waals surface area contributed by atoms with Crippen molar-refractivity contribution in [3.8, 4) is 5.75 Å². The van der Waals surface area contributed by atoms with E-state index in [1.165, 1.54) is 14.2 Å². The molecular weight excluding hydrogens is 192 g/mol. The van der Waals surface area contributed by atoms with E-state index in [4.69, 9.17) is 5.73 Å². The Morgan fingerprint density at radius 3 is 2.36 bits per heavy atom. The van der Waals surface area contributed by atoms with E-state index in [9.17, 15) is 8.78 Å². The zero-order valence-electron chi connectivity index (χ0n) is 7.88. The molecule has 0 aromatic heterocycles. The van der Waals surface area contributed by atoms with Gasteiger partial charge in [-0.1, -0.05) is 0 Å². The highest BCUT2D eigenvalue weighted by atomic mass is 19.1. The number of nitrogens with two attached hydrogens (primary N) is 1. The van der Waals surface area contributed by atoms with Crippen LogP contribution in [0.4, 0.5) is 8.78 Å². The second-order valence-corrected chi connectivity index (χ2v) is 2.66. The molecule has 1 aromatic carbocycles. The van der Waals surface area contributed by atoms with Gasteiger partial charge < -0.3 is 15.2 Å². The molecule has 0 spiro atoms. The van der Waals surface area contributed by atoms with Gasteiger partial charge in [0, 0.05) is 18.7 Å². The average molecular weight is 203 g/mol. The highest BCUT2D eigenvalue weighted by Gasteiger charge is 2.15. The summed E-state index contributed by atoms with van der Waals surface area (Å²) in [6.07, 6.45) is -0.976. The fourth-order valence-corrected chi connectivity index (χ4v) is 1.05. The van der Waals surface area contributed by atoms with E-state index in [2.05, 4.69) is 9.47 Å². The Kier molecular flexibility index (Phi) is 3.38. The van der Waals surface area contributed by atoms with Gasteiger partial charge in [0.05, 0.1) is 7.11 Å². The van der Waals surface area contributed by atoms with Crippen LogP contribution < -0.4 is 10.5 Å². The molecule has 1 aromatic rings. The first kappa shape index (κ1) is 10.9. The van der Waals surface area contributed by atoms with Crippen molar-refractivity contribution in [3.05, 3.63) is 29.3 Å². The quantitative estimate of drug-likeness (QED) is 0.758. The fourth-order valence-electron chi connectivity index (χ4n) is 1.05. The van der Waals surface area contributed by atoms with Crippen LogP contribution in [-0.2, 0) is 4.74 Å². The lowest BCUT2D eigenvalue weighted by atomic mass is 10.1. The number of methoxy groups -OCH3 is 2. The predicted octanol–water partition coefficient (Wildman–Crippen LogP) is 1.58. The first-order chi connectivity index (χ1) is 6.60. The molecule has 1 rings (SSSR count). The molecule has 5 heteroatoms. The summed E-state index contributed by atoms with van der Waals surface area (Å²) in [6.45, 7) is 0. The number of halogens is 2. The van der Waals surface area contributed by atoms with Crippen LogP contribution in [0.3, 0.4) is 0 Å². The molecule has 0 radical (unpaired) electrons. The number of ether oxygens (including phenoxy) is 2. The standard InChI is InChI=1S/C9H11F2NO2/c1-13-8-4-6(10)5(3-7(8)11)9(12)14-2/h3-4,9H,12H2,1-2H3. The zero-order valence-corrected chi connectivity index (χ0v) is 7.88. The Hall–Kier alpha value is -1.20. The van der Waals surface area contributed by atoms with Gasteiger partial charge in [0.15, 0.2) is 11.6 Å². The molecule has 3 nitrogen and oxygen atoms in total. The summed E-state index contributed by atoms with van der Waals surface area (Å²) in [4.78, 5) is 0. The molecule has 1 unspecified atom stereocenters. The lowest BCUT2D eigenvalue weighted by Crippen LogP contribution is -2.14. The lowest BCUT2D eigenvalue weighted by Gasteiger charge is -2.12. The number of hydrogen-bond acceptors (Lipinski definition) is 3. The van der Waals surface area contributed by atoms with Crippen LogP contribution in [-0.4, -0.2) is 14.2 Å². The van der Waals surface area contributed by atoms with Gasteiger partial charge in [-0.15, -0.1) is 0 Å². The third kappa shape index (κ3) is 2.00. The molecule has 0 aliphatic heterocycles. The van der Waals surface area contributed by atoms with Crippen molar-refractivity contribution < 1.29 is 18.3 Å². The highest BCUT2D eigenvalue weighted by molar-refractivity contribution is 5.31. The third-order valence-electron chi connectivity index (χ3n) is 1.83. The molecule has 0 aliphatic rings. The van der Waals surface area contributed by atoms with Crippen LogP contribution in [0.1, 0.15) is 11.8 Å². The first-order valence-electron chi connectivity index (χ1n) is 3.91. The van der Waals surface area contributed by atoms with Crippen molar-refractivity contribution in [1.82, 2.24) is 0 Å². The second kappa shape index (κ2) is 4.34. The van der Waals surface area contributed by atoms with Crippen molar-refractivity contribution in [1.29, 1.82) is 0 Å². The molecule has 0 fully saturated rings. The van der Waals surface area contributed by atoms with Crippen molar-refractivity contribution in [2.24, 2.45) is 5.73 Å². The van der Waals surface area contributed by atoms with E-state index in [0.29, 0.717) is 0 Å². The van der Waals surface area contributed by atoms with Crippen LogP contribution >= 0.6 is 0 Å². The van der Waals surface area contributed by atoms with Crippen LogP contribution in [0.5, 0.6) is 5.75 Å². The largest absolute Gasteiger partial charge is 0.494 e. The van der Waals surface area contributed by atoms with E-state index >= 15 is 0 Å². The maximum absolute atomic E-state index is 13.2. The Balaban J connectivity index is 3.14. The van der Waals surface area contributed by atoms with E-state index in [1.54, 1.807) is 0 Å². The zero-order chi connectivity index (χ0) is 10.7. The minimum absolute atomic E-state index is 0.0363. The van der Waals surface area contributed by atoms with Gasteiger partial charge in [0.25, 0.3) is 0 Å². The molecule has 0 amide bonds. The monoisotopic (exact) mass is 203 g/mol. The molecule has 78 valence electrons. The van der Waals surface area contributed by atoms with E-state index < -0.39 is 17.9 Å². The van der Waals surface area contributed by atoms with Gasteiger partial charge in [-0.2, -0.15) is 0 Å². The van der Waals surface area contributed by atoms with Gasteiger partial charge in [0.1, 0.15) is 12.0 Å². The molecule has 0 bridgehead atoms. The maximum atomic E-state index is 13.2. The summed E-state index contributed by atoms with van der Waals surface area (Å²) in [5, 5.41) is 0. The summed E-state index contributed by atoms with van der Waals surface area (Å²) < 4.78 is 35.6. The van der Waals surface area contributed by atoms with E-state index in [-0.39, 0.29) is 11.3 Å². The SMILES string of the molecule is COc1cc(F)c(C(N)OC)cc1F. The van der Waals surface area contributed by atoms with Gasteiger partial charge in [0.2, 0.25) is 0 Å². The van der Waals surface area contributed by atoms with E-state index in [1.807, 2.05) is 0 Å². The number of benzene rings is 1. The normalized spacial score (nSPS) is 12.6. The molecular formula is C9H11F2NO2. The lowest BCUT2D eigenvalue weighted by molar-refractivity contribution is 0.105. The molecule has 0 saturated carbocycles. The van der Waals surface area contributed by atoms with Crippen molar-refractivity contribution >= 4 is 0 Å². The Morgan fingerprint density at radius 2 is 1.86 bits per heavy atom. The van der Waals surface area contributed by atoms with Gasteiger partial charge in [-0.3, -0.25) is 0 Å². The van der Waals surface area contributed by atoms with Gasteiger partial charge in [-0.05, 0) is 6.07 Å². The van der Waals surface area contributed by atoms with Crippen molar-refractivity contribution in [2.45, 2.75) is 6.23 Å². The van der Waals surface area contributed by atoms with Gasteiger partial charge >= 0.3 is 0 Å². The van der Waals surface area contributed by atoms with Crippen LogP contribution in [0.15, 0.2) is 12.1 Å². The average Bonchev–Trinajstić information content (AvgIpc) is 2.19. The van der Waals surface area contributed by atoms with Gasteiger partial charge in [-0.25, -0.2) is 8.78 Å². The third-order valence-corrected chi connectivity index (χ3v) is 1.83. The van der Waals surface area contributed by atoms with Crippen LogP contribution in [0, 0.1) is 11.6 Å². The topological polar surface area (TPSA) is 44.5 Å². The fraction of sp³-hybridized carbons (Fsp3) is 0.333. The molecule has 0 heterocycles. The minimum atomic E-state index is -0.976. The van der Waals surface area contributed by atoms with Crippen LogP contribution in [0.25, 0.3) is 0 Å².